The number of nitrogens with two attached hydrogens (primary N) is 1. The number of hydrogen-bond donors (Lipinski definition) is 1. The third kappa shape index (κ3) is 5.45. The van der Waals surface area contributed by atoms with Gasteiger partial charge < -0.3 is 5.73 Å². The predicted molar refractivity (Wildman–Crippen MR) is 87.3 cm³/mol. The van der Waals surface area contributed by atoms with Crippen molar-refractivity contribution in [3.05, 3.63) is 16.4 Å². The molecular weight excluding hydrogens is 270 g/mol. The van der Waals surface area contributed by atoms with Crippen molar-refractivity contribution < 1.29 is 0 Å². The molecular formula is C16H30ClN3. The molecule has 0 aliphatic carbocycles. The first-order valence-corrected chi connectivity index (χ1v) is 8.43. The second kappa shape index (κ2) is 9.41. The lowest BCUT2D eigenvalue weighted by molar-refractivity contribution is 0.521. The molecule has 0 aliphatic heterocycles. The zero-order valence-corrected chi connectivity index (χ0v) is 14.0. The minimum absolute atomic E-state index is 0.193. The van der Waals surface area contributed by atoms with E-state index in [-0.39, 0.29) is 6.04 Å². The maximum Gasteiger partial charge on any atom is 0.0850 e. The molecule has 0 radical (unpaired) electrons. The van der Waals surface area contributed by atoms with Gasteiger partial charge in [-0.25, -0.2) is 0 Å². The van der Waals surface area contributed by atoms with Crippen LogP contribution in [-0.4, -0.2) is 15.8 Å². The number of rotatable bonds is 10. The van der Waals surface area contributed by atoms with E-state index in [4.69, 9.17) is 17.3 Å². The lowest BCUT2D eigenvalue weighted by atomic mass is 10.0. The number of aryl methyl sites for hydroxylation is 2. The van der Waals surface area contributed by atoms with Crippen molar-refractivity contribution in [2.24, 2.45) is 12.8 Å². The van der Waals surface area contributed by atoms with Crippen molar-refractivity contribution in [1.29, 1.82) is 0 Å². The molecule has 0 bridgehead atoms. The lowest BCUT2D eigenvalue weighted by Gasteiger charge is -2.12. The van der Waals surface area contributed by atoms with Gasteiger partial charge in [0.25, 0.3) is 0 Å². The average Bonchev–Trinajstić information content (AvgIpc) is 2.70. The van der Waals surface area contributed by atoms with E-state index in [1.165, 1.54) is 38.5 Å². The molecule has 1 aromatic heterocycles. The minimum atomic E-state index is 0.193. The maximum absolute atomic E-state index is 6.35. The maximum atomic E-state index is 6.35. The van der Waals surface area contributed by atoms with Crippen molar-refractivity contribution in [2.75, 3.05) is 0 Å². The summed E-state index contributed by atoms with van der Waals surface area (Å²) in [7, 11) is 1.96. The van der Waals surface area contributed by atoms with Crippen molar-refractivity contribution in [3.63, 3.8) is 0 Å². The Morgan fingerprint density at radius 2 is 1.80 bits per heavy atom. The van der Waals surface area contributed by atoms with Crippen LogP contribution in [0.5, 0.6) is 0 Å². The second-order valence-corrected chi connectivity index (χ2v) is 6.08. The van der Waals surface area contributed by atoms with Crippen molar-refractivity contribution in [2.45, 2.75) is 77.7 Å². The van der Waals surface area contributed by atoms with E-state index in [9.17, 15) is 0 Å². The number of hydrogen-bond acceptors (Lipinski definition) is 2. The molecule has 0 amide bonds. The fourth-order valence-electron chi connectivity index (χ4n) is 2.58. The van der Waals surface area contributed by atoms with Crippen LogP contribution in [0, 0.1) is 0 Å². The quantitative estimate of drug-likeness (QED) is 0.656. The standard InChI is InChI=1S/C16H30ClN3/c1-4-6-7-8-9-10-11-13(18)12-15-16(17)14(5-2)19-20(15)3/h13H,4-12,18H2,1-3H3. The molecule has 116 valence electrons. The monoisotopic (exact) mass is 299 g/mol. The highest BCUT2D eigenvalue weighted by atomic mass is 35.5. The van der Waals surface area contributed by atoms with Crippen LogP contribution in [0.25, 0.3) is 0 Å². The summed E-state index contributed by atoms with van der Waals surface area (Å²) in [6.07, 6.45) is 10.7. The molecule has 1 heterocycles. The lowest BCUT2D eigenvalue weighted by Crippen LogP contribution is -2.24. The second-order valence-electron chi connectivity index (χ2n) is 5.71. The summed E-state index contributed by atoms with van der Waals surface area (Å²) in [6.45, 7) is 4.33. The van der Waals surface area contributed by atoms with E-state index in [1.54, 1.807) is 0 Å². The highest BCUT2D eigenvalue weighted by Crippen LogP contribution is 2.22. The van der Waals surface area contributed by atoms with Crippen LogP contribution in [-0.2, 0) is 19.9 Å². The molecule has 1 unspecified atom stereocenters. The fraction of sp³-hybridized carbons (Fsp3) is 0.812. The zero-order valence-electron chi connectivity index (χ0n) is 13.3. The van der Waals surface area contributed by atoms with Crippen molar-refractivity contribution in [3.8, 4) is 0 Å². The Morgan fingerprint density at radius 3 is 2.40 bits per heavy atom. The number of aromatic nitrogens is 2. The largest absolute Gasteiger partial charge is 0.327 e. The van der Waals surface area contributed by atoms with Crippen LogP contribution in [0.15, 0.2) is 0 Å². The molecule has 0 aliphatic rings. The summed E-state index contributed by atoms with van der Waals surface area (Å²) in [4.78, 5) is 0. The molecule has 3 nitrogen and oxygen atoms in total. The van der Waals surface area contributed by atoms with Gasteiger partial charge in [-0.3, -0.25) is 4.68 Å². The molecule has 0 saturated carbocycles. The minimum Gasteiger partial charge on any atom is -0.327 e. The molecule has 1 aromatic rings. The van der Waals surface area contributed by atoms with Gasteiger partial charge in [0.2, 0.25) is 0 Å². The first-order valence-electron chi connectivity index (χ1n) is 8.05. The van der Waals surface area contributed by atoms with Gasteiger partial charge in [-0.15, -0.1) is 0 Å². The van der Waals surface area contributed by atoms with Gasteiger partial charge in [0, 0.05) is 19.5 Å². The Kier molecular flexibility index (Phi) is 8.24. The van der Waals surface area contributed by atoms with Crippen LogP contribution >= 0.6 is 11.6 Å². The first-order chi connectivity index (χ1) is 9.60. The summed E-state index contributed by atoms with van der Waals surface area (Å²) in [5, 5.41) is 5.25. The molecule has 4 heteroatoms. The van der Waals surface area contributed by atoms with Crippen LogP contribution in [0.2, 0.25) is 5.02 Å². The Morgan fingerprint density at radius 1 is 1.15 bits per heavy atom. The number of unbranched alkanes of at least 4 members (excludes halogenated alkanes) is 5. The number of nitrogens with zero attached hydrogens (tertiary/aromatic N) is 2. The topological polar surface area (TPSA) is 43.8 Å². The normalized spacial score (nSPS) is 12.8. The Bertz CT molecular complexity index is 387. The first kappa shape index (κ1) is 17.5. The van der Waals surface area contributed by atoms with E-state index >= 15 is 0 Å². The molecule has 20 heavy (non-hydrogen) atoms. The molecule has 2 N–H and O–H groups in total. The summed E-state index contributed by atoms with van der Waals surface area (Å²) in [6, 6.07) is 0.193. The predicted octanol–water partition coefficient (Wildman–Crippen LogP) is 4.26. The molecule has 0 spiro atoms. The SMILES string of the molecule is CCCCCCCCC(N)Cc1c(Cl)c(CC)nn1C. The Hall–Kier alpha value is -0.540. The Balaban J connectivity index is 2.32. The average molecular weight is 300 g/mol. The van der Waals surface area contributed by atoms with Gasteiger partial charge in [-0.2, -0.15) is 5.10 Å². The summed E-state index contributed by atoms with van der Waals surface area (Å²) in [5.74, 6) is 0. The number of halogens is 1. The van der Waals surface area contributed by atoms with Gasteiger partial charge in [0.05, 0.1) is 16.4 Å². The molecule has 1 atom stereocenters. The van der Waals surface area contributed by atoms with E-state index in [0.717, 1.165) is 35.7 Å². The van der Waals surface area contributed by atoms with E-state index < -0.39 is 0 Å². The molecule has 0 saturated heterocycles. The Labute approximate surface area is 128 Å². The molecule has 0 fully saturated rings. The molecule has 0 aromatic carbocycles. The summed E-state index contributed by atoms with van der Waals surface area (Å²) in [5.41, 5.74) is 8.30. The van der Waals surface area contributed by atoms with Crippen LogP contribution in [0.1, 0.15) is 70.2 Å². The van der Waals surface area contributed by atoms with Gasteiger partial charge >= 0.3 is 0 Å². The van der Waals surface area contributed by atoms with Crippen LogP contribution in [0.3, 0.4) is 0 Å². The van der Waals surface area contributed by atoms with Crippen molar-refractivity contribution in [1.82, 2.24) is 9.78 Å². The third-order valence-electron chi connectivity index (χ3n) is 3.89. The fourth-order valence-corrected chi connectivity index (χ4v) is 2.95. The smallest absolute Gasteiger partial charge is 0.0850 e. The van der Waals surface area contributed by atoms with Gasteiger partial charge in [0.15, 0.2) is 0 Å². The van der Waals surface area contributed by atoms with Gasteiger partial charge in [-0.05, 0) is 12.8 Å². The van der Waals surface area contributed by atoms with Crippen molar-refractivity contribution >= 4 is 11.6 Å². The van der Waals surface area contributed by atoms with Gasteiger partial charge in [-0.1, -0.05) is 64.0 Å². The van der Waals surface area contributed by atoms with Gasteiger partial charge in [0.1, 0.15) is 0 Å². The summed E-state index contributed by atoms with van der Waals surface area (Å²) >= 11 is 6.35. The van der Waals surface area contributed by atoms with Crippen LogP contribution in [0.4, 0.5) is 0 Å². The third-order valence-corrected chi connectivity index (χ3v) is 4.32. The van der Waals surface area contributed by atoms with E-state index in [2.05, 4.69) is 18.9 Å². The van der Waals surface area contributed by atoms with E-state index in [0.29, 0.717) is 0 Å². The summed E-state index contributed by atoms with van der Waals surface area (Å²) < 4.78 is 1.89. The zero-order chi connectivity index (χ0) is 15.0. The highest BCUT2D eigenvalue weighted by molar-refractivity contribution is 6.31. The van der Waals surface area contributed by atoms with E-state index in [1.807, 2.05) is 11.7 Å². The van der Waals surface area contributed by atoms with Crippen LogP contribution < -0.4 is 5.73 Å². The molecule has 1 rings (SSSR count). The highest BCUT2D eigenvalue weighted by Gasteiger charge is 2.15.